The summed E-state index contributed by atoms with van der Waals surface area (Å²) in [5.41, 5.74) is 0.929. The number of aliphatic hydroxyl groups is 1. The first-order chi connectivity index (χ1) is 12.0. The Bertz CT molecular complexity index is 584. The molecule has 0 aliphatic carbocycles. The minimum absolute atomic E-state index is 0.0729. The number of nitrogens with one attached hydrogen (secondary N) is 1. The minimum atomic E-state index is -0.715. The highest BCUT2D eigenvalue weighted by Gasteiger charge is 2.33. The fourth-order valence-electron chi connectivity index (χ4n) is 3.25. The molecule has 1 aliphatic heterocycles. The Morgan fingerprint density at radius 2 is 2.16 bits per heavy atom. The lowest BCUT2D eigenvalue weighted by atomic mass is 9.85. The van der Waals surface area contributed by atoms with Gasteiger partial charge in [0.1, 0.15) is 11.5 Å². The maximum atomic E-state index is 12.7. The normalized spacial score (nSPS) is 18.4. The molecule has 1 aromatic carbocycles. The molecule has 0 radical (unpaired) electrons. The van der Waals surface area contributed by atoms with Gasteiger partial charge in [-0.05, 0) is 31.8 Å². The van der Waals surface area contributed by atoms with Gasteiger partial charge in [0.25, 0.3) is 0 Å². The number of ether oxygens (including phenoxy) is 2. The van der Waals surface area contributed by atoms with Crippen molar-refractivity contribution in [3.63, 3.8) is 0 Å². The molecule has 138 valence electrons. The van der Waals surface area contributed by atoms with Gasteiger partial charge < -0.3 is 29.7 Å². The first-order valence-electron chi connectivity index (χ1n) is 8.53. The zero-order valence-corrected chi connectivity index (χ0v) is 15.1. The van der Waals surface area contributed by atoms with E-state index < -0.39 is 7.05 Å². The molecule has 8 heteroatoms. The highest BCUT2D eigenvalue weighted by atomic mass is 16.5. The lowest BCUT2D eigenvalue weighted by Crippen LogP contribution is -2.44. The van der Waals surface area contributed by atoms with Crippen LogP contribution in [0.25, 0.3) is 0 Å². The second kappa shape index (κ2) is 9.08. The SMILES string of the molecule is COc1ccc(CN2CCC(CC(CO)NB(C)O)C2=O)c(OC)c1. The van der Waals surface area contributed by atoms with E-state index in [4.69, 9.17) is 9.47 Å². The van der Waals surface area contributed by atoms with Crippen molar-refractivity contribution in [2.75, 3.05) is 27.4 Å². The topological polar surface area (TPSA) is 91.3 Å². The van der Waals surface area contributed by atoms with Crippen LogP contribution < -0.4 is 14.7 Å². The molecule has 1 fully saturated rings. The van der Waals surface area contributed by atoms with Gasteiger partial charge in [0.2, 0.25) is 5.91 Å². The van der Waals surface area contributed by atoms with Gasteiger partial charge >= 0.3 is 7.05 Å². The number of nitrogens with zero attached hydrogens (tertiary/aromatic N) is 1. The third-order valence-corrected chi connectivity index (χ3v) is 4.53. The molecule has 0 aromatic heterocycles. The average molecular weight is 350 g/mol. The number of methoxy groups -OCH3 is 2. The molecule has 0 saturated carbocycles. The summed E-state index contributed by atoms with van der Waals surface area (Å²) in [4.78, 5) is 14.5. The molecular weight excluding hydrogens is 323 g/mol. The largest absolute Gasteiger partial charge is 0.497 e. The van der Waals surface area contributed by atoms with Crippen molar-refractivity contribution in [2.45, 2.75) is 32.3 Å². The number of hydrogen-bond acceptors (Lipinski definition) is 6. The Hall–Kier alpha value is -1.77. The second-order valence-corrected chi connectivity index (χ2v) is 6.38. The van der Waals surface area contributed by atoms with Crippen molar-refractivity contribution in [1.82, 2.24) is 10.1 Å². The van der Waals surface area contributed by atoms with Crippen LogP contribution in [0, 0.1) is 5.92 Å². The summed E-state index contributed by atoms with van der Waals surface area (Å²) in [5.74, 6) is 1.33. The van der Waals surface area contributed by atoms with Gasteiger partial charge in [-0.1, -0.05) is 0 Å². The molecule has 0 spiro atoms. The summed E-state index contributed by atoms with van der Waals surface area (Å²) in [7, 11) is 2.48. The average Bonchev–Trinajstić information content (AvgIpc) is 2.94. The van der Waals surface area contributed by atoms with Crippen LogP contribution in [0.3, 0.4) is 0 Å². The van der Waals surface area contributed by atoms with Gasteiger partial charge in [-0.25, -0.2) is 0 Å². The van der Waals surface area contributed by atoms with Gasteiger partial charge in [-0.3, -0.25) is 4.79 Å². The standard InChI is InChI=1S/C17H27BN2O5/c1-18(23)19-14(11-21)8-12-6-7-20(17(12)22)10-13-4-5-15(24-2)9-16(13)25-3/h4-5,9,12,14,19,21,23H,6-8,10-11H2,1-3H3. The molecule has 2 rings (SSSR count). The summed E-state index contributed by atoms with van der Waals surface area (Å²) in [6.45, 7) is 2.64. The Balaban J connectivity index is 2.00. The highest BCUT2D eigenvalue weighted by molar-refractivity contribution is 6.45. The van der Waals surface area contributed by atoms with E-state index in [1.54, 1.807) is 21.0 Å². The quantitative estimate of drug-likeness (QED) is 0.562. The van der Waals surface area contributed by atoms with E-state index >= 15 is 0 Å². The van der Waals surface area contributed by atoms with Crippen LogP contribution in [0.1, 0.15) is 18.4 Å². The number of aliphatic hydroxyl groups excluding tert-OH is 1. The van der Waals surface area contributed by atoms with E-state index in [2.05, 4.69) is 5.23 Å². The Labute approximate surface area is 149 Å². The van der Waals surface area contributed by atoms with Crippen molar-refractivity contribution in [3.05, 3.63) is 23.8 Å². The molecule has 7 nitrogen and oxygen atoms in total. The monoisotopic (exact) mass is 350 g/mol. The Morgan fingerprint density at radius 3 is 2.76 bits per heavy atom. The van der Waals surface area contributed by atoms with E-state index in [1.165, 1.54) is 0 Å². The Kier molecular flexibility index (Phi) is 7.10. The van der Waals surface area contributed by atoms with Gasteiger partial charge in [0, 0.05) is 36.7 Å². The maximum Gasteiger partial charge on any atom is 0.373 e. The van der Waals surface area contributed by atoms with Crippen LogP contribution in [0.15, 0.2) is 18.2 Å². The van der Waals surface area contributed by atoms with Crippen molar-refractivity contribution in [1.29, 1.82) is 0 Å². The zero-order chi connectivity index (χ0) is 18.4. The van der Waals surface area contributed by atoms with Crippen molar-refractivity contribution in [3.8, 4) is 11.5 Å². The maximum absolute atomic E-state index is 12.7. The van der Waals surface area contributed by atoms with Crippen LogP contribution in [-0.4, -0.2) is 61.4 Å². The van der Waals surface area contributed by atoms with E-state index in [0.29, 0.717) is 31.0 Å². The third-order valence-electron chi connectivity index (χ3n) is 4.53. The van der Waals surface area contributed by atoms with Gasteiger partial charge in [0.05, 0.1) is 20.8 Å². The molecular formula is C17H27BN2O5. The van der Waals surface area contributed by atoms with Crippen LogP contribution in [-0.2, 0) is 11.3 Å². The van der Waals surface area contributed by atoms with E-state index in [9.17, 15) is 14.9 Å². The predicted molar refractivity (Wildman–Crippen MR) is 95.5 cm³/mol. The van der Waals surface area contributed by atoms with Crippen molar-refractivity contribution in [2.24, 2.45) is 5.92 Å². The summed E-state index contributed by atoms with van der Waals surface area (Å²) in [6, 6.07) is 5.28. The molecule has 1 aromatic rings. The number of rotatable bonds is 9. The number of benzene rings is 1. The molecule has 1 aliphatic rings. The van der Waals surface area contributed by atoms with Gasteiger partial charge in [-0.15, -0.1) is 0 Å². The van der Waals surface area contributed by atoms with Gasteiger partial charge in [-0.2, -0.15) is 0 Å². The zero-order valence-electron chi connectivity index (χ0n) is 15.1. The first kappa shape index (κ1) is 19.6. The van der Waals surface area contributed by atoms with E-state index in [0.717, 1.165) is 12.0 Å². The predicted octanol–water partition coefficient (Wildman–Crippen LogP) is 0.503. The van der Waals surface area contributed by atoms with E-state index in [1.807, 2.05) is 23.1 Å². The summed E-state index contributed by atoms with van der Waals surface area (Å²) in [6.07, 6.45) is 1.26. The fraction of sp³-hybridized carbons (Fsp3) is 0.588. The number of carbonyl (C=O) groups is 1. The second-order valence-electron chi connectivity index (χ2n) is 6.38. The molecule has 25 heavy (non-hydrogen) atoms. The van der Waals surface area contributed by atoms with Crippen molar-refractivity contribution >= 4 is 13.0 Å². The number of amides is 1. The van der Waals surface area contributed by atoms with Crippen LogP contribution in [0.5, 0.6) is 11.5 Å². The fourth-order valence-corrected chi connectivity index (χ4v) is 3.25. The third kappa shape index (κ3) is 5.10. The smallest absolute Gasteiger partial charge is 0.373 e. The summed E-state index contributed by atoms with van der Waals surface area (Å²) in [5, 5.41) is 21.7. The van der Waals surface area contributed by atoms with Gasteiger partial charge in [0.15, 0.2) is 0 Å². The summed E-state index contributed by atoms with van der Waals surface area (Å²) >= 11 is 0. The number of carbonyl (C=O) groups excluding carboxylic acids is 1. The highest BCUT2D eigenvalue weighted by Crippen LogP contribution is 2.29. The lowest BCUT2D eigenvalue weighted by molar-refractivity contribution is -0.131. The van der Waals surface area contributed by atoms with Crippen LogP contribution in [0.2, 0.25) is 6.82 Å². The first-order valence-corrected chi connectivity index (χ1v) is 8.53. The van der Waals surface area contributed by atoms with E-state index in [-0.39, 0.29) is 24.5 Å². The molecule has 1 heterocycles. The molecule has 3 N–H and O–H groups in total. The number of likely N-dealkylation sites (tertiary alicyclic amines) is 1. The minimum Gasteiger partial charge on any atom is -0.497 e. The lowest BCUT2D eigenvalue weighted by Gasteiger charge is -2.21. The molecule has 0 bridgehead atoms. The van der Waals surface area contributed by atoms with Crippen LogP contribution in [0.4, 0.5) is 0 Å². The number of hydrogen-bond donors (Lipinski definition) is 3. The molecule has 2 unspecified atom stereocenters. The van der Waals surface area contributed by atoms with Crippen LogP contribution >= 0.6 is 0 Å². The van der Waals surface area contributed by atoms with Crippen molar-refractivity contribution < 1.29 is 24.4 Å². The Morgan fingerprint density at radius 1 is 1.40 bits per heavy atom. The molecule has 1 amide bonds. The molecule has 2 atom stereocenters. The summed E-state index contributed by atoms with van der Waals surface area (Å²) < 4.78 is 10.6. The molecule has 1 saturated heterocycles.